The maximum absolute atomic E-state index is 12.2. The molecule has 3 heterocycles. The molecule has 1 aromatic carbocycles. The van der Waals surface area contributed by atoms with Crippen LogP contribution in [0.15, 0.2) is 67.3 Å². The summed E-state index contributed by atoms with van der Waals surface area (Å²) in [5.74, 6) is 1.02. The molecule has 0 spiro atoms. The molecule has 3 aromatic heterocycles. The van der Waals surface area contributed by atoms with Crippen LogP contribution in [-0.2, 0) is 17.9 Å². The van der Waals surface area contributed by atoms with Crippen molar-refractivity contribution >= 4 is 17.2 Å². The van der Waals surface area contributed by atoms with Gasteiger partial charge in [0.25, 0.3) is 0 Å². The molecule has 0 aliphatic carbocycles. The van der Waals surface area contributed by atoms with E-state index in [1.165, 1.54) is 0 Å². The van der Waals surface area contributed by atoms with Crippen LogP contribution in [0.4, 0.5) is 5.69 Å². The highest BCUT2D eigenvalue weighted by molar-refractivity contribution is 5.91. The lowest BCUT2D eigenvalue weighted by Gasteiger charge is -2.12. The summed E-state index contributed by atoms with van der Waals surface area (Å²) in [4.78, 5) is 16.7. The number of benzene rings is 1. The molecule has 4 rings (SSSR count). The molecule has 8 heteroatoms. The van der Waals surface area contributed by atoms with E-state index < -0.39 is 0 Å². The zero-order chi connectivity index (χ0) is 20.1. The van der Waals surface area contributed by atoms with Crippen molar-refractivity contribution in [3.05, 3.63) is 72.9 Å². The molecule has 0 radical (unpaired) electrons. The Morgan fingerprint density at radius 2 is 2.07 bits per heavy atom. The van der Waals surface area contributed by atoms with Crippen molar-refractivity contribution in [1.82, 2.24) is 19.2 Å². The van der Waals surface area contributed by atoms with Crippen molar-refractivity contribution in [3.63, 3.8) is 0 Å². The molecule has 0 fully saturated rings. The number of aromatic nitrogens is 4. The number of aryl methyl sites for hydroxylation is 1. The molecule has 148 valence electrons. The summed E-state index contributed by atoms with van der Waals surface area (Å²) in [6.07, 6.45) is 7.69. The van der Waals surface area contributed by atoms with Crippen LogP contribution in [0, 0.1) is 0 Å². The first-order valence-corrected chi connectivity index (χ1v) is 9.22. The Kier molecular flexibility index (Phi) is 5.42. The predicted octanol–water partition coefficient (Wildman–Crippen LogP) is 3.15. The van der Waals surface area contributed by atoms with Gasteiger partial charge in [0.05, 0.1) is 12.8 Å². The number of nitrogens with zero attached hydrogens (tertiary/aromatic N) is 4. The molecule has 8 nitrogen and oxygen atoms in total. The van der Waals surface area contributed by atoms with Crippen LogP contribution >= 0.6 is 0 Å². The third-order valence-electron chi connectivity index (χ3n) is 4.36. The Morgan fingerprint density at radius 3 is 2.86 bits per heavy atom. The lowest BCUT2D eigenvalue weighted by atomic mass is 10.2. The second kappa shape index (κ2) is 8.47. The van der Waals surface area contributed by atoms with Crippen molar-refractivity contribution in [2.45, 2.75) is 19.6 Å². The van der Waals surface area contributed by atoms with Crippen molar-refractivity contribution in [2.24, 2.45) is 0 Å². The van der Waals surface area contributed by atoms with E-state index in [1.807, 2.05) is 47.3 Å². The number of carbonyl (C=O) groups excluding carboxylic acids is 1. The van der Waals surface area contributed by atoms with Gasteiger partial charge < -0.3 is 19.2 Å². The lowest BCUT2D eigenvalue weighted by molar-refractivity contribution is -0.116. The highest BCUT2D eigenvalue weighted by atomic mass is 16.5. The number of ether oxygens (including phenoxy) is 2. The number of methoxy groups -OCH3 is 1. The molecule has 4 aromatic rings. The topological polar surface area (TPSA) is 82.7 Å². The van der Waals surface area contributed by atoms with Crippen LogP contribution in [0.1, 0.15) is 12.1 Å². The Labute approximate surface area is 167 Å². The van der Waals surface area contributed by atoms with Crippen molar-refractivity contribution < 1.29 is 14.3 Å². The van der Waals surface area contributed by atoms with Gasteiger partial charge in [-0.1, -0.05) is 6.07 Å². The van der Waals surface area contributed by atoms with E-state index in [1.54, 1.807) is 36.2 Å². The van der Waals surface area contributed by atoms with E-state index in [9.17, 15) is 4.79 Å². The Morgan fingerprint density at radius 1 is 1.14 bits per heavy atom. The third-order valence-corrected chi connectivity index (χ3v) is 4.36. The van der Waals surface area contributed by atoms with Crippen molar-refractivity contribution in [1.29, 1.82) is 0 Å². The molecule has 0 atom stereocenters. The minimum absolute atomic E-state index is 0.100. The molecular formula is C21H21N5O3. The van der Waals surface area contributed by atoms with E-state index in [2.05, 4.69) is 15.4 Å². The number of rotatable bonds is 8. The molecule has 0 aliphatic rings. The van der Waals surface area contributed by atoms with E-state index in [-0.39, 0.29) is 12.5 Å². The third kappa shape index (κ3) is 4.55. The van der Waals surface area contributed by atoms with Gasteiger partial charge in [-0.15, -0.1) is 0 Å². The van der Waals surface area contributed by atoms with Gasteiger partial charge in [-0.3, -0.25) is 9.48 Å². The molecule has 29 heavy (non-hydrogen) atoms. The molecule has 0 saturated heterocycles. The van der Waals surface area contributed by atoms with Crippen molar-refractivity contribution in [2.75, 3.05) is 12.4 Å². The number of nitrogens with one attached hydrogen (secondary N) is 1. The summed E-state index contributed by atoms with van der Waals surface area (Å²) in [6, 6.07) is 12.9. The standard InChI is InChI=1S/C21H21N5O3/c1-28-18-7-6-16(24-21(27)8-12-26-11-4-9-22-26)13-19(18)29-15-17-14-25-10-3-2-5-20(25)23-17/h2-7,9-11,13-14H,8,12,15H2,1H3,(H,24,27). The minimum Gasteiger partial charge on any atom is -0.493 e. The van der Waals surface area contributed by atoms with Gasteiger partial charge in [-0.25, -0.2) is 4.98 Å². The summed E-state index contributed by atoms with van der Waals surface area (Å²) in [5, 5.41) is 6.97. The van der Waals surface area contributed by atoms with Crippen molar-refractivity contribution in [3.8, 4) is 11.5 Å². The number of amides is 1. The predicted molar refractivity (Wildman–Crippen MR) is 108 cm³/mol. The summed E-state index contributed by atoms with van der Waals surface area (Å²) in [7, 11) is 1.58. The fourth-order valence-corrected chi connectivity index (χ4v) is 2.95. The van der Waals surface area contributed by atoms with Gasteiger partial charge in [-0.05, 0) is 30.3 Å². The minimum atomic E-state index is -0.100. The maximum atomic E-state index is 12.2. The summed E-state index contributed by atoms with van der Waals surface area (Å²) >= 11 is 0. The highest BCUT2D eigenvalue weighted by Crippen LogP contribution is 2.31. The number of anilines is 1. The maximum Gasteiger partial charge on any atom is 0.226 e. The van der Waals surface area contributed by atoms with Gasteiger partial charge in [0.15, 0.2) is 11.5 Å². The second-order valence-electron chi connectivity index (χ2n) is 6.42. The van der Waals surface area contributed by atoms with Gasteiger partial charge in [0.1, 0.15) is 12.3 Å². The summed E-state index contributed by atoms with van der Waals surface area (Å²) < 4.78 is 14.9. The number of imidazole rings is 1. The van der Waals surface area contributed by atoms with Crippen LogP contribution in [-0.4, -0.2) is 32.2 Å². The van der Waals surface area contributed by atoms with Gasteiger partial charge >= 0.3 is 0 Å². The zero-order valence-electron chi connectivity index (χ0n) is 16.0. The fraction of sp³-hybridized carbons (Fsp3) is 0.190. The van der Waals surface area contributed by atoms with E-state index >= 15 is 0 Å². The summed E-state index contributed by atoms with van der Waals surface area (Å²) in [5.41, 5.74) is 2.30. The molecule has 1 amide bonds. The SMILES string of the molecule is COc1ccc(NC(=O)CCn2cccn2)cc1OCc1cn2ccccc2n1. The Hall–Kier alpha value is -3.81. The summed E-state index contributed by atoms with van der Waals surface area (Å²) in [6.45, 7) is 0.807. The normalized spacial score (nSPS) is 10.8. The number of pyridine rings is 1. The van der Waals surface area contributed by atoms with Crippen LogP contribution in [0.25, 0.3) is 5.65 Å². The number of hydrogen-bond donors (Lipinski definition) is 1. The van der Waals surface area contributed by atoms with Crippen LogP contribution in [0.3, 0.4) is 0 Å². The zero-order valence-corrected chi connectivity index (χ0v) is 16.0. The molecule has 0 bridgehead atoms. The molecule has 0 unspecified atom stereocenters. The van der Waals surface area contributed by atoms with Crippen LogP contribution in [0.2, 0.25) is 0 Å². The second-order valence-corrected chi connectivity index (χ2v) is 6.42. The molecule has 1 N–H and O–H groups in total. The largest absolute Gasteiger partial charge is 0.493 e. The monoisotopic (exact) mass is 391 g/mol. The van der Waals surface area contributed by atoms with Crippen LogP contribution in [0.5, 0.6) is 11.5 Å². The number of hydrogen-bond acceptors (Lipinski definition) is 5. The fourth-order valence-electron chi connectivity index (χ4n) is 2.95. The lowest BCUT2D eigenvalue weighted by Crippen LogP contribution is -2.14. The smallest absolute Gasteiger partial charge is 0.226 e. The average molecular weight is 391 g/mol. The van der Waals surface area contributed by atoms with Gasteiger partial charge in [-0.2, -0.15) is 5.10 Å². The Bertz CT molecular complexity index is 1070. The number of fused-ring (bicyclic) bond motifs is 1. The first-order chi connectivity index (χ1) is 14.2. The van der Waals surface area contributed by atoms with Gasteiger partial charge in [0, 0.05) is 49.5 Å². The molecular weight excluding hydrogens is 370 g/mol. The quantitative estimate of drug-likeness (QED) is 0.499. The van der Waals surface area contributed by atoms with Gasteiger partial charge in [0.2, 0.25) is 5.91 Å². The van der Waals surface area contributed by atoms with Crippen LogP contribution < -0.4 is 14.8 Å². The Balaban J connectivity index is 1.41. The van der Waals surface area contributed by atoms with E-state index in [4.69, 9.17) is 9.47 Å². The molecule has 0 saturated carbocycles. The van der Waals surface area contributed by atoms with E-state index in [0.29, 0.717) is 30.2 Å². The first kappa shape index (κ1) is 18.5. The first-order valence-electron chi connectivity index (χ1n) is 9.22. The average Bonchev–Trinajstić information content (AvgIpc) is 3.40. The number of carbonyl (C=O) groups is 1. The highest BCUT2D eigenvalue weighted by Gasteiger charge is 2.10. The molecule has 0 aliphatic heterocycles. The van der Waals surface area contributed by atoms with E-state index in [0.717, 1.165) is 11.3 Å².